The molecule has 21 heavy (non-hydrogen) atoms. The summed E-state index contributed by atoms with van der Waals surface area (Å²) in [7, 11) is 0. The van der Waals surface area contributed by atoms with E-state index in [0.717, 1.165) is 18.4 Å². The molecule has 1 rings (SSSR count). The topological polar surface area (TPSA) is 26.3 Å². The lowest BCUT2D eigenvalue weighted by molar-refractivity contribution is -0.155. The Morgan fingerprint density at radius 2 is 1.52 bits per heavy atom. The summed E-state index contributed by atoms with van der Waals surface area (Å²) in [6.45, 7) is 14.6. The van der Waals surface area contributed by atoms with Crippen LogP contribution in [0.25, 0.3) is 0 Å². The lowest BCUT2D eigenvalue weighted by Crippen LogP contribution is -2.26. The molecule has 0 bridgehead atoms. The zero-order valence-corrected chi connectivity index (χ0v) is 15.0. The van der Waals surface area contributed by atoms with Crippen LogP contribution in [0.15, 0.2) is 30.3 Å². The van der Waals surface area contributed by atoms with Gasteiger partial charge in [-0.05, 0) is 25.8 Å². The van der Waals surface area contributed by atoms with Gasteiger partial charge >= 0.3 is 5.97 Å². The number of hydrogen-bond donors (Lipinski definition) is 0. The summed E-state index contributed by atoms with van der Waals surface area (Å²) in [6, 6.07) is 9.76. The van der Waals surface area contributed by atoms with Crippen LogP contribution in [-0.4, -0.2) is 5.97 Å². The highest BCUT2D eigenvalue weighted by molar-refractivity contribution is 5.75. The number of benzene rings is 1. The van der Waals surface area contributed by atoms with Gasteiger partial charge in [-0.3, -0.25) is 4.79 Å². The molecule has 0 fully saturated rings. The highest BCUT2D eigenvalue weighted by Crippen LogP contribution is 2.24. The summed E-state index contributed by atoms with van der Waals surface area (Å²) in [4.78, 5) is 11.8. The van der Waals surface area contributed by atoms with E-state index >= 15 is 0 Å². The molecule has 122 valence electrons. The van der Waals surface area contributed by atoms with Gasteiger partial charge in [-0.25, -0.2) is 0 Å². The maximum atomic E-state index is 11.8. The fraction of sp³-hybridized carbons (Fsp3) is 0.632. The molecule has 2 heteroatoms. The van der Waals surface area contributed by atoms with Crippen LogP contribution >= 0.6 is 0 Å². The molecule has 0 aliphatic heterocycles. The highest BCUT2D eigenvalue weighted by atomic mass is 16.5. The van der Waals surface area contributed by atoms with Crippen LogP contribution in [0.5, 0.6) is 0 Å². The zero-order valence-electron chi connectivity index (χ0n) is 15.0. The predicted octanol–water partition coefficient (Wildman–Crippen LogP) is 6.00. The van der Waals surface area contributed by atoms with Gasteiger partial charge in [0, 0.05) is 0 Å². The van der Waals surface area contributed by atoms with Gasteiger partial charge in [-0.2, -0.15) is 0 Å². The Balaban J connectivity index is 0. The summed E-state index contributed by atoms with van der Waals surface area (Å²) in [5.74, 6) is -0.113. The van der Waals surface area contributed by atoms with E-state index in [1.165, 1.54) is 6.42 Å². The predicted molar refractivity (Wildman–Crippen MR) is 92.2 cm³/mol. The first-order valence-electron chi connectivity index (χ1n) is 8.19. The van der Waals surface area contributed by atoms with E-state index in [0.29, 0.717) is 6.61 Å². The molecule has 0 aromatic heterocycles. The Bertz CT molecular complexity index is 342. The second-order valence-electron chi connectivity index (χ2n) is 5.40. The van der Waals surface area contributed by atoms with Gasteiger partial charge < -0.3 is 4.74 Å². The Morgan fingerprint density at radius 3 is 1.95 bits per heavy atom. The summed E-state index contributed by atoms with van der Waals surface area (Å²) in [5.41, 5.74) is 0.659. The van der Waals surface area contributed by atoms with Gasteiger partial charge in [0.25, 0.3) is 0 Å². The van der Waals surface area contributed by atoms with Crippen molar-refractivity contribution in [3.63, 3.8) is 0 Å². The maximum Gasteiger partial charge on any atom is 0.311 e. The van der Waals surface area contributed by atoms with Gasteiger partial charge in [-0.15, -0.1) is 0 Å². The summed E-state index contributed by atoms with van der Waals surface area (Å²) in [5, 5.41) is 0. The van der Waals surface area contributed by atoms with Crippen molar-refractivity contribution in [3.05, 3.63) is 35.9 Å². The molecule has 0 spiro atoms. The Hall–Kier alpha value is -1.31. The molecule has 0 saturated carbocycles. The lowest BCUT2D eigenvalue weighted by Gasteiger charge is -2.21. The monoisotopic (exact) mass is 294 g/mol. The van der Waals surface area contributed by atoms with Gasteiger partial charge in [0.2, 0.25) is 0 Å². The Morgan fingerprint density at radius 1 is 1.05 bits per heavy atom. The molecule has 0 aliphatic rings. The third kappa shape index (κ3) is 11.1. The molecule has 0 N–H and O–H groups in total. The van der Waals surface area contributed by atoms with Crippen molar-refractivity contribution >= 4 is 5.97 Å². The molecule has 1 aromatic carbocycles. The van der Waals surface area contributed by atoms with Crippen molar-refractivity contribution in [1.82, 2.24) is 0 Å². The first-order chi connectivity index (χ1) is 9.97. The molecule has 0 amide bonds. The van der Waals surface area contributed by atoms with E-state index in [1.54, 1.807) is 0 Å². The Labute approximate surface area is 131 Å². The third-order valence-electron chi connectivity index (χ3n) is 2.64. The minimum atomic E-state index is -0.371. The van der Waals surface area contributed by atoms with Crippen LogP contribution in [0.4, 0.5) is 0 Å². The van der Waals surface area contributed by atoms with Crippen molar-refractivity contribution in [1.29, 1.82) is 0 Å². The number of hydrogen-bond acceptors (Lipinski definition) is 2. The number of esters is 1. The third-order valence-corrected chi connectivity index (χ3v) is 2.64. The van der Waals surface area contributed by atoms with Crippen LogP contribution in [0.3, 0.4) is 0 Å². The van der Waals surface area contributed by atoms with Gasteiger partial charge in [0.15, 0.2) is 0 Å². The summed E-state index contributed by atoms with van der Waals surface area (Å²) in [6.07, 6.45) is 3.11. The largest absolute Gasteiger partial charge is 0.460 e. The minimum absolute atomic E-state index is 0.113. The molecule has 2 nitrogen and oxygen atoms in total. The maximum absolute atomic E-state index is 11.8. The van der Waals surface area contributed by atoms with Crippen molar-refractivity contribution in [3.8, 4) is 0 Å². The molecule has 0 atom stereocenters. The SMILES string of the molecule is CC.CCC.CCCC(C)(C)C(=O)OCc1ccccc1. The van der Waals surface area contributed by atoms with Crippen LogP contribution < -0.4 is 0 Å². The van der Waals surface area contributed by atoms with Crippen LogP contribution in [0.2, 0.25) is 0 Å². The smallest absolute Gasteiger partial charge is 0.311 e. The molecule has 0 aliphatic carbocycles. The fourth-order valence-corrected chi connectivity index (χ4v) is 1.65. The van der Waals surface area contributed by atoms with E-state index in [-0.39, 0.29) is 11.4 Å². The molecule has 0 radical (unpaired) electrons. The first-order valence-corrected chi connectivity index (χ1v) is 8.19. The second kappa shape index (κ2) is 13.7. The fourth-order valence-electron chi connectivity index (χ4n) is 1.65. The van der Waals surface area contributed by atoms with Gasteiger partial charge in [0.05, 0.1) is 5.41 Å². The van der Waals surface area contributed by atoms with Crippen molar-refractivity contribution < 1.29 is 9.53 Å². The number of carbonyl (C=O) groups excluding carboxylic acids is 1. The molecule has 0 saturated heterocycles. The second-order valence-corrected chi connectivity index (χ2v) is 5.40. The lowest BCUT2D eigenvalue weighted by atomic mass is 9.88. The van der Waals surface area contributed by atoms with Crippen molar-refractivity contribution in [2.24, 2.45) is 5.41 Å². The van der Waals surface area contributed by atoms with Crippen LogP contribution in [0, 0.1) is 5.41 Å². The molecule has 0 heterocycles. The normalized spacial score (nSPS) is 9.67. The van der Waals surface area contributed by atoms with E-state index in [9.17, 15) is 4.79 Å². The molecular formula is C19H34O2. The number of ether oxygens (including phenoxy) is 1. The standard InChI is InChI=1S/C14H20O2.C3H8.C2H6/c1-4-10-14(2,3)13(15)16-11-12-8-6-5-7-9-12;1-3-2;1-2/h5-9H,4,10-11H2,1-3H3;3H2,1-2H3;1-2H3. The molecular weight excluding hydrogens is 260 g/mol. The van der Waals surface area contributed by atoms with E-state index in [2.05, 4.69) is 20.8 Å². The quantitative estimate of drug-likeness (QED) is 0.623. The van der Waals surface area contributed by atoms with Crippen molar-refractivity contribution in [2.75, 3.05) is 0 Å². The average Bonchev–Trinajstić information content (AvgIpc) is 2.48. The number of rotatable bonds is 5. The zero-order chi connectivity index (χ0) is 16.7. The van der Waals surface area contributed by atoms with Gasteiger partial charge in [0.1, 0.15) is 6.61 Å². The van der Waals surface area contributed by atoms with Crippen molar-refractivity contribution in [2.45, 2.75) is 74.3 Å². The first kappa shape index (κ1) is 22.0. The van der Waals surface area contributed by atoms with Gasteiger partial charge in [-0.1, -0.05) is 77.8 Å². The molecule has 0 unspecified atom stereocenters. The minimum Gasteiger partial charge on any atom is -0.460 e. The highest BCUT2D eigenvalue weighted by Gasteiger charge is 2.28. The van der Waals surface area contributed by atoms with E-state index < -0.39 is 0 Å². The van der Waals surface area contributed by atoms with Crippen LogP contribution in [0.1, 0.15) is 73.3 Å². The molecule has 1 aromatic rings. The summed E-state index contributed by atoms with van der Waals surface area (Å²) >= 11 is 0. The Kier molecular flexibility index (Phi) is 14.3. The van der Waals surface area contributed by atoms with Crippen LogP contribution in [-0.2, 0) is 16.1 Å². The summed E-state index contributed by atoms with van der Waals surface area (Å²) < 4.78 is 5.31. The van der Waals surface area contributed by atoms with E-state index in [4.69, 9.17) is 4.74 Å². The average molecular weight is 294 g/mol. The van der Waals surface area contributed by atoms with E-state index in [1.807, 2.05) is 58.0 Å². The number of carbonyl (C=O) groups is 1.